The molecule has 1 aliphatic rings. The van der Waals surface area contributed by atoms with Gasteiger partial charge < -0.3 is 9.80 Å². The van der Waals surface area contributed by atoms with Crippen LogP contribution in [0.15, 0.2) is 24.3 Å². The lowest BCUT2D eigenvalue weighted by atomic mass is 9.96. The molecular formula is C36H53N4O2+. The van der Waals surface area contributed by atoms with Gasteiger partial charge in [-0.3, -0.25) is 14.5 Å². The molecule has 0 aliphatic carbocycles. The number of amides is 1. The summed E-state index contributed by atoms with van der Waals surface area (Å²) in [6.45, 7) is 24.2. The molecule has 2 atom stereocenters. The number of piperidine rings is 1. The molecule has 1 aliphatic heterocycles. The van der Waals surface area contributed by atoms with Crippen molar-refractivity contribution in [2.75, 3.05) is 45.1 Å². The van der Waals surface area contributed by atoms with Crippen molar-refractivity contribution in [1.82, 2.24) is 4.90 Å². The first-order valence-corrected chi connectivity index (χ1v) is 15.9. The molecule has 0 radical (unpaired) electrons. The molecule has 6 heteroatoms. The third kappa shape index (κ3) is 9.24. The number of likely N-dealkylation sites (tertiary alicyclic amines) is 1. The highest BCUT2D eigenvalue weighted by atomic mass is 16.2. The standard InChI is InChI=1S/C36H52N4O2/c1-9-18-40(8,25-32(41)24-33-27(3)22-31(37-7)23-28(33)4)19-14-10-12-16-39-17-13-11-15-34(39)36(42)38-35-29(5)20-26(2)21-30(35)6/h20-23,34H,9-19,24-25H2,1-6,8H3/p+1. The summed E-state index contributed by atoms with van der Waals surface area (Å²) in [5.74, 6) is 0.401. The van der Waals surface area contributed by atoms with E-state index in [1.165, 1.54) is 5.56 Å². The van der Waals surface area contributed by atoms with Crippen molar-refractivity contribution < 1.29 is 14.1 Å². The largest absolute Gasteiger partial charge is 0.324 e. The van der Waals surface area contributed by atoms with Crippen LogP contribution in [-0.4, -0.2) is 66.9 Å². The highest BCUT2D eigenvalue weighted by Crippen LogP contribution is 2.26. The minimum absolute atomic E-state index is 0.0617. The van der Waals surface area contributed by atoms with Gasteiger partial charge in [0.1, 0.15) is 6.54 Å². The number of likely N-dealkylation sites (N-methyl/N-ethyl adjacent to an activating group) is 1. The molecule has 1 N–H and O–H groups in total. The van der Waals surface area contributed by atoms with Crippen molar-refractivity contribution in [3.05, 3.63) is 69.1 Å². The number of unbranched alkanes of at least 4 members (excludes halogenated alkanes) is 2. The third-order valence-electron chi connectivity index (χ3n) is 8.99. The van der Waals surface area contributed by atoms with Crippen LogP contribution in [0.2, 0.25) is 0 Å². The molecule has 6 nitrogen and oxygen atoms in total. The molecular weight excluding hydrogens is 520 g/mol. The fraction of sp³-hybridized carbons (Fsp3) is 0.583. The molecule has 1 amide bonds. The number of rotatable bonds is 14. The van der Waals surface area contributed by atoms with E-state index in [0.717, 1.165) is 109 Å². The normalized spacial score (nSPS) is 17.0. The second-order valence-electron chi connectivity index (χ2n) is 13.0. The topological polar surface area (TPSA) is 53.8 Å². The third-order valence-corrected chi connectivity index (χ3v) is 8.99. The lowest BCUT2D eigenvalue weighted by molar-refractivity contribution is -0.902. The van der Waals surface area contributed by atoms with E-state index in [0.29, 0.717) is 18.7 Å². The summed E-state index contributed by atoms with van der Waals surface area (Å²) >= 11 is 0. The maximum absolute atomic E-state index is 13.4. The zero-order chi connectivity index (χ0) is 30.9. The Morgan fingerprint density at radius 3 is 2.24 bits per heavy atom. The van der Waals surface area contributed by atoms with Crippen LogP contribution >= 0.6 is 0 Å². The number of nitrogens with zero attached hydrogens (tertiary/aromatic N) is 3. The molecule has 2 aromatic rings. The van der Waals surface area contributed by atoms with Gasteiger partial charge in [0.25, 0.3) is 0 Å². The Labute approximate surface area is 254 Å². The van der Waals surface area contributed by atoms with Crippen molar-refractivity contribution in [2.24, 2.45) is 0 Å². The van der Waals surface area contributed by atoms with Gasteiger partial charge >= 0.3 is 0 Å². The van der Waals surface area contributed by atoms with Gasteiger partial charge in [-0.2, -0.15) is 0 Å². The molecule has 2 aromatic carbocycles. The molecule has 42 heavy (non-hydrogen) atoms. The first kappa shape index (κ1) is 33.5. The van der Waals surface area contributed by atoms with Gasteiger partial charge in [0, 0.05) is 12.1 Å². The van der Waals surface area contributed by atoms with E-state index in [1.807, 2.05) is 26.0 Å². The van der Waals surface area contributed by atoms with E-state index >= 15 is 0 Å². The Morgan fingerprint density at radius 2 is 1.62 bits per heavy atom. The van der Waals surface area contributed by atoms with Crippen LogP contribution in [0.25, 0.3) is 4.85 Å². The van der Waals surface area contributed by atoms with Crippen LogP contribution in [0, 0.1) is 41.2 Å². The number of carbonyl (C=O) groups excluding carboxylic acids is 2. The highest BCUT2D eigenvalue weighted by molar-refractivity contribution is 5.96. The number of quaternary nitrogens is 1. The summed E-state index contributed by atoms with van der Waals surface area (Å²) in [6.07, 6.45) is 7.90. The monoisotopic (exact) mass is 573 g/mol. The molecule has 2 unspecified atom stereocenters. The van der Waals surface area contributed by atoms with Crippen LogP contribution < -0.4 is 5.32 Å². The Morgan fingerprint density at radius 1 is 0.952 bits per heavy atom. The van der Waals surface area contributed by atoms with E-state index in [1.54, 1.807) is 0 Å². The number of nitrogens with one attached hydrogen (secondary N) is 1. The Kier molecular flexibility index (Phi) is 12.3. The second-order valence-corrected chi connectivity index (χ2v) is 13.0. The summed E-state index contributed by atoms with van der Waals surface area (Å²) < 4.78 is 0.775. The first-order chi connectivity index (χ1) is 20.0. The van der Waals surface area contributed by atoms with Crippen molar-refractivity contribution in [3.8, 4) is 0 Å². The number of hydrogen-bond donors (Lipinski definition) is 1. The number of Topliss-reactive ketones (excluding diaryl/α,β-unsaturated/α-hetero) is 1. The highest BCUT2D eigenvalue weighted by Gasteiger charge is 2.29. The number of carbonyl (C=O) groups is 2. The van der Waals surface area contributed by atoms with Crippen molar-refractivity contribution in [2.45, 2.75) is 99.0 Å². The van der Waals surface area contributed by atoms with Crippen LogP contribution in [0.5, 0.6) is 0 Å². The lowest BCUT2D eigenvalue weighted by Crippen LogP contribution is -2.49. The summed E-state index contributed by atoms with van der Waals surface area (Å²) in [4.78, 5) is 32.5. The number of benzene rings is 2. The maximum atomic E-state index is 13.4. The van der Waals surface area contributed by atoms with Crippen LogP contribution in [0.4, 0.5) is 11.4 Å². The Balaban J connectivity index is 1.51. The smallest absolute Gasteiger partial charge is 0.241 e. The maximum Gasteiger partial charge on any atom is 0.241 e. The number of aryl methyl sites for hydroxylation is 5. The lowest BCUT2D eigenvalue weighted by Gasteiger charge is -2.35. The predicted molar refractivity (Wildman–Crippen MR) is 174 cm³/mol. The van der Waals surface area contributed by atoms with E-state index in [2.05, 4.69) is 61.9 Å². The molecule has 0 spiro atoms. The fourth-order valence-corrected chi connectivity index (χ4v) is 6.93. The molecule has 1 fully saturated rings. The Hall–Kier alpha value is -3.01. The molecule has 1 heterocycles. The van der Waals surface area contributed by atoms with Crippen molar-refractivity contribution in [1.29, 1.82) is 0 Å². The van der Waals surface area contributed by atoms with Gasteiger partial charge in [-0.25, -0.2) is 4.85 Å². The molecule has 228 valence electrons. The van der Waals surface area contributed by atoms with Crippen molar-refractivity contribution in [3.63, 3.8) is 0 Å². The van der Waals surface area contributed by atoms with Crippen molar-refractivity contribution >= 4 is 23.1 Å². The summed E-state index contributed by atoms with van der Waals surface area (Å²) in [6, 6.07) is 7.99. The zero-order valence-corrected chi connectivity index (χ0v) is 27.2. The molecule has 0 bridgehead atoms. The molecule has 1 saturated heterocycles. The number of anilines is 1. The predicted octanol–water partition coefficient (Wildman–Crippen LogP) is 7.41. The number of hydrogen-bond acceptors (Lipinski definition) is 3. The van der Waals surface area contributed by atoms with Crippen LogP contribution in [0.3, 0.4) is 0 Å². The van der Waals surface area contributed by atoms with Gasteiger partial charge in [-0.05, 0) is 103 Å². The van der Waals surface area contributed by atoms with Crippen LogP contribution in [0.1, 0.15) is 85.3 Å². The van der Waals surface area contributed by atoms with Gasteiger partial charge in [0.15, 0.2) is 11.5 Å². The Bertz CT molecular complexity index is 1250. The SMILES string of the molecule is [C-]#[N+]c1cc(C)c(CC(=O)C[N+](C)(CCC)CCCCCN2CCCCC2C(=O)Nc2c(C)cc(C)cc2C)c(C)c1. The first-order valence-electron chi connectivity index (χ1n) is 15.9. The molecule has 0 saturated carbocycles. The quantitative estimate of drug-likeness (QED) is 0.145. The zero-order valence-electron chi connectivity index (χ0n) is 27.2. The van der Waals surface area contributed by atoms with E-state index in [-0.39, 0.29) is 17.7 Å². The number of ketones is 1. The summed E-state index contributed by atoms with van der Waals surface area (Å²) in [5, 5.41) is 3.26. The second kappa shape index (κ2) is 15.5. The van der Waals surface area contributed by atoms with Gasteiger partial charge in [0.05, 0.1) is 32.8 Å². The van der Waals surface area contributed by atoms with E-state index in [4.69, 9.17) is 6.57 Å². The van der Waals surface area contributed by atoms with Gasteiger partial charge in [-0.1, -0.05) is 54.3 Å². The average molecular weight is 574 g/mol. The summed E-state index contributed by atoms with van der Waals surface area (Å²) in [7, 11) is 2.23. The average Bonchev–Trinajstić information content (AvgIpc) is 2.92. The summed E-state index contributed by atoms with van der Waals surface area (Å²) in [5.41, 5.74) is 8.21. The minimum atomic E-state index is -0.0617. The van der Waals surface area contributed by atoms with Crippen LogP contribution in [-0.2, 0) is 16.0 Å². The van der Waals surface area contributed by atoms with E-state index in [9.17, 15) is 9.59 Å². The minimum Gasteiger partial charge on any atom is -0.324 e. The fourth-order valence-electron chi connectivity index (χ4n) is 6.93. The van der Waals surface area contributed by atoms with Gasteiger partial charge in [0.2, 0.25) is 5.91 Å². The van der Waals surface area contributed by atoms with E-state index < -0.39 is 0 Å². The van der Waals surface area contributed by atoms with Gasteiger partial charge in [-0.15, -0.1) is 0 Å². The molecule has 3 rings (SSSR count). The molecule has 0 aromatic heterocycles.